The van der Waals surface area contributed by atoms with Gasteiger partial charge in [0.25, 0.3) is 0 Å². The summed E-state index contributed by atoms with van der Waals surface area (Å²) in [6, 6.07) is -0.0434. The normalized spacial score (nSPS) is 24.6. The first-order valence-corrected chi connectivity index (χ1v) is 5.20. The lowest BCUT2D eigenvalue weighted by molar-refractivity contribution is 0.105. The molecule has 2 aliphatic heterocycles. The maximum atomic E-state index is 7.28. The van der Waals surface area contributed by atoms with Crippen LogP contribution in [0.4, 0.5) is 0 Å². The molecular weight excluding hydrogens is 178 g/mol. The quantitative estimate of drug-likeness (QED) is 0.533. The molecule has 0 aromatic rings. The number of amidine groups is 1. The number of fused-ring (bicyclic) bond motifs is 1. The monoisotopic (exact) mass is 195 g/mol. The number of aliphatic imine (C=N–C) groups is 1. The van der Waals surface area contributed by atoms with Crippen LogP contribution in [-0.2, 0) is 4.74 Å². The van der Waals surface area contributed by atoms with Crippen molar-refractivity contribution in [2.75, 3.05) is 19.7 Å². The van der Waals surface area contributed by atoms with Crippen LogP contribution in [0.3, 0.4) is 0 Å². The van der Waals surface area contributed by atoms with Gasteiger partial charge in [0, 0.05) is 0 Å². The van der Waals surface area contributed by atoms with Crippen LogP contribution in [0.25, 0.3) is 0 Å². The van der Waals surface area contributed by atoms with Crippen molar-refractivity contribution in [1.29, 1.82) is 5.41 Å². The van der Waals surface area contributed by atoms with Gasteiger partial charge in [0.1, 0.15) is 6.61 Å². The van der Waals surface area contributed by atoms with Crippen LogP contribution in [0.15, 0.2) is 4.99 Å². The van der Waals surface area contributed by atoms with Gasteiger partial charge in [0.2, 0.25) is 0 Å². The van der Waals surface area contributed by atoms with Crippen LogP contribution in [-0.4, -0.2) is 42.9 Å². The minimum atomic E-state index is -0.0434. The molecule has 4 heteroatoms. The van der Waals surface area contributed by atoms with E-state index in [4.69, 9.17) is 10.1 Å². The van der Waals surface area contributed by atoms with E-state index in [0.717, 1.165) is 0 Å². The highest BCUT2D eigenvalue weighted by atomic mass is 16.5. The highest BCUT2D eigenvalue weighted by molar-refractivity contribution is 5.75. The van der Waals surface area contributed by atoms with E-state index in [1.165, 1.54) is 38.8 Å². The largest absolute Gasteiger partial charge is 0.462 e. The fourth-order valence-electron chi connectivity index (χ4n) is 2.71. The lowest BCUT2D eigenvalue weighted by Gasteiger charge is -2.31. The Morgan fingerprint density at radius 3 is 2.64 bits per heavy atom. The molecule has 2 heterocycles. The Kier molecular flexibility index (Phi) is 2.54. The Bertz CT molecular complexity index is 242. The Balaban J connectivity index is 1.94. The molecule has 2 saturated heterocycles. The first kappa shape index (κ1) is 9.65. The first-order valence-electron chi connectivity index (χ1n) is 5.20. The van der Waals surface area contributed by atoms with E-state index in [1.807, 2.05) is 0 Å². The van der Waals surface area contributed by atoms with Crippen LogP contribution < -0.4 is 0 Å². The van der Waals surface area contributed by atoms with E-state index >= 15 is 0 Å². The fraction of sp³-hybridized carbons (Fsp3) is 0.800. The maximum absolute atomic E-state index is 7.28. The van der Waals surface area contributed by atoms with E-state index in [2.05, 4.69) is 16.6 Å². The Morgan fingerprint density at radius 1 is 1.43 bits per heavy atom. The van der Waals surface area contributed by atoms with Crippen molar-refractivity contribution in [2.24, 2.45) is 4.99 Å². The summed E-state index contributed by atoms with van der Waals surface area (Å²) < 4.78 is 5.29. The molecule has 4 nitrogen and oxygen atoms in total. The second kappa shape index (κ2) is 3.69. The third-order valence-corrected chi connectivity index (χ3v) is 3.43. The highest BCUT2D eigenvalue weighted by Crippen LogP contribution is 2.38. The lowest BCUT2D eigenvalue weighted by Crippen LogP contribution is -2.42. The number of nitrogens with zero attached hydrogens (tertiary/aromatic N) is 2. The number of hydrogen-bond acceptors (Lipinski definition) is 3. The second-order valence-corrected chi connectivity index (χ2v) is 4.17. The van der Waals surface area contributed by atoms with Crippen LogP contribution in [0, 0.1) is 5.41 Å². The standard InChI is InChI=1S/C10H17N3O/c1-12-9(11)14-8-10-4-2-6-13(10)7-3-5-10/h11H,1-8H2. The average Bonchev–Trinajstić information content (AvgIpc) is 2.72. The summed E-state index contributed by atoms with van der Waals surface area (Å²) in [4.78, 5) is 5.96. The number of nitrogens with one attached hydrogen (secondary N) is 1. The van der Waals surface area contributed by atoms with Crippen molar-refractivity contribution in [1.82, 2.24) is 4.90 Å². The number of rotatable bonds is 2. The van der Waals surface area contributed by atoms with Gasteiger partial charge in [-0.15, -0.1) is 0 Å². The molecule has 14 heavy (non-hydrogen) atoms. The van der Waals surface area contributed by atoms with E-state index in [9.17, 15) is 0 Å². The second-order valence-electron chi connectivity index (χ2n) is 4.17. The third kappa shape index (κ3) is 1.54. The van der Waals surface area contributed by atoms with Gasteiger partial charge >= 0.3 is 6.02 Å². The zero-order chi connectivity index (χ0) is 10.0. The fourth-order valence-corrected chi connectivity index (χ4v) is 2.71. The summed E-state index contributed by atoms with van der Waals surface area (Å²) >= 11 is 0. The summed E-state index contributed by atoms with van der Waals surface area (Å²) in [5.41, 5.74) is 0.219. The number of hydrogen-bond donors (Lipinski definition) is 1. The zero-order valence-electron chi connectivity index (χ0n) is 8.46. The highest BCUT2D eigenvalue weighted by Gasteiger charge is 2.44. The predicted molar refractivity (Wildman–Crippen MR) is 56.0 cm³/mol. The molecule has 0 atom stereocenters. The van der Waals surface area contributed by atoms with Gasteiger partial charge in [-0.25, -0.2) is 10.4 Å². The Labute approximate surface area is 84.5 Å². The molecule has 0 spiro atoms. The SMILES string of the molecule is C=NC(=N)OCC12CCCN1CCC2. The Hall–Kier alpha value is -0.900. The molecule has 0 saturated carbocycles. The Morgan fingerprint density at radius 2 is 2.07 bits per heavy atom. The zero-order valence-corrected chi connectivity index (χ0v) is 8.46. The summed E-state index contributed by atoms with van der Waals surface area (Å²) in [5.74, 6) is 0. The topological polar surface area (TPSA) is 48.7 Å². The van der Waals surface area contributed by atoms with Gasteiger partial charge in [-0.1, -0.05) is 0 Å². The van der Waals surface area contributed by atoms with E-state index < -0.39 is 0 Å². The minimum Gasteiger partial charge on any atom is -0.462 e. The number of ether oxygens (including phenoxy) is 1. The summed E-state index contributed by atoms with van der Waals surface area (Å²) in [6.45, 7) is 6.28. The van der Waals surface area contributed by atoms with E-state index in [0.29, 0.717) is 6.61 Å². The molecule has 0 aromatic carbocycles. The van der Waals surface area contributed by atoms with Gasteiger partial charge in [-0.3, -0.25) is 4.90 Å². The van der Waals surface area contributed by atoms with Crippen molar-refractivity contribution in [3.05, 3.63) is 0 Å². The van der Waals surface area contributed by atoms with Crippen molar-refractivity contribution in [2.45, 2.75) is 31.2 Å². The van der Waals surface area contributed by atoms with Gasteiger partial charge in [-0.2, -0.15) is 0 Å². The van der Waals surface area contributed by atoms with Crippen molar-refractivity contribution >= 4 is 12.7 Å². The summed E-state index contributed by atoms with van der Waals surface area (Å²) in [7, 11) is 0. The molecule has 2 fully saturated rings. The molecule has 1 N–H and O–H groups in total. The van der Waals surface area contributed by atoms with Crippen LogP contribution >= 0.6 is 0 Å². The minimum absolute atomic E-state index is 0.0434. The van der Waals surface area contributed by atoms with Gasteiger partial charge in [0.05, 0.1) is 5.54 Å². The lowest BCUT2D eigenvalue weighted by atomic mass is 9.95. The molecule has 78 valence electrons. The van der Waals surface area contributed by atoms with Gasteiger partial charge in [-0.05, 0) is 45.5 Å². The molecule has 0 radical (unpaired) electrons. The third-order valence-electron chi connectivity index (χ3n) is 3.43. The molecule has 0 aromatic heterocycles. The smallest absolute Gasteiger partial charge is 0.308 e. The predicted octanol–water partition coefficient (Wildman–Crippen LogP) is 1.27. The van der Waals surface area contributed by atoms with E-state index in [-0.39, 0.29) is 11.6 Å². The molecule has 0 aliphatic carbocycles. The van der Waals surface area contributed by atoms with Crippen LogP contribution in [0.2, 0.25) is 0 Å². The molecule has 0 bridgehead atoms. The molecular formula is C10H17N3O. The average molecular weight is 195 g/mol. The van der Waals surface area contributed by atoms with E-state index in [1.54, 1.807) is 0 Å². The molecule has 2 aliphatic rings. The van der Waals surface area contributed by atoms with Crippen molar-refractivity contribution < 1.29 is 4.74 Å². The summed E-state index contributed by atoms with van der Waals surface area (Å²) in [6.07, 6.45) is 4.94. The van der Waals surface area contributed by atoms with Crippen molar-refractivity contribution in [3.8, 4) is 0 Å². The molecule has 2 rings (SSSR count). The molecule has 0 amide bonds. The van der Waals surface area contributed by atoms with Crippen LogP contribution in [0.1, 0.15) is 25.7 Å². The van der Waals surface area contributed by atoms with Crippen molar-refractivity contribution in [3.63, 3.8) is 0 Å². The molecule has 0 unspecified atom stereocenters. The maximum Gasteiger partial charge on any atom is 0.308 e. The first-order chi connectivity index (χ1) is 6.77. The van der Waals surface area contributed by atoms with Crippen LogP contribution in [0.5, 0.6) is 0 Å². The van der Waals surface area contributed by atoms with Gasteiger partial charge < -0.3 is 4.74 Å². The summed E-state index contributed by atoms with van der Waals surface area (Å²) in [5, 5.41) is 7.28. The van der Waals surface area contributed by atoms with Gasteiger partial charge in [0.15, 0.2) is 0 Å².